The number of thiazole rings is 1. The molecule has 0 fully saturated rings. The molecule has 1 heterocycles. The van der Waals surface area contributed by atoms with Gasteiger partial charge < -0.3 is 4.98 Å². The molecular weight excluding hydrogens is 202 g/mol. The molecule has 0 aromatic carbocycles. The van der Waals surface area contributed by atoms with Gasteiger partial charge in [-0.1, -0.05) is 0 Å². The monoisotopic (exact) mass is 203 g/mol. The van der Waals surface area contributed by atoms with Gasteiger partial charge in [0.2, 0.25) is 0 Å². The minimum Gasteiger partial charge on any atom is -0.394 e. The summed E-state index contributed by atoms with van der Waals surface area (Å²) in [5.74, 6) is 0. The van der Waals surface area contributed by atoms with Crippen molar-refractivity contribution in [3.63, 3.8) is 0 Å². The van der Waals surface area contributed by atoms with Crippen LogP contribution in [0.25, 0.3) is 0 Å². The first kappa shape index (κ1) is 10.7. The van der Waals surface area contributed by atoms with E-state index in [1.807, 2.05) is 5.38 Å². The fraction of sp³-hybridized carbons (Fsp3) is 0. The largest absolute Gasteiger partial charge is 0.394 e. The predicted octanol–water partition coefficient (Wildman–Crippen LogP) is 0.938. The molecule has 0 atom stereocenters. The molecule has 35 valence electrons. The van der Waals surface area contributed by atoms with Crippen LogP contribution in [0.1, 0.15) is 0 Å². The zero-order valence-corrected chi connectivity index (χ0v) is 8.56. The summed E-state index contributed by atoms with van der Waals surface area (Å²) in [6, 6.07) is 0. The van der Waals surface area contributed by atoms with Gasteiger partial charge in [-0.05, 0) is 5.51 Å². The average Bonchev–Trinajstić information content (AvgIpc) is 1.76. The minimum atomic E-state index is 0. The van der Waals surface area contributed by atoms with Gasteiger partial charge in [0.1, 0.15) is 0 Å². The third-order valence-electron chi connectivity index (χ3n) is 0.309. The van der Waals surface area contributed by atoms with Crippen molar-refractivity contribution in [3.05, 3.63) is 17.1 Å². The van der Waals surface area contributed by atoms with Gasteiger partial charge in [0.05, 0.1) is 0 Å². The molecule has 7 heavy (non-hydrogen) atoms. The van der Waals surface area contributed by atoms with Gasteiger partial charge in [-0.2, -0.15) is 0 Å². The topological polar surface area (TPSA) is 12.9 Å². The van der Waals surface area contributed by atoms with E-state index < -0.39 is 0 Å². The first-order chi connectivity index (χ1) is 2.50. The summed E-state index contributed by atoms with van der Waals surface area (Å²) in [7, 11) is 0. The van der Waals surface area contributed by atoms with E-state index in [0.29, 0.717) is 0 Å². The molecule has 0 aliphatic rings. The van der Waals surface area contributed by atoms with Crippen LogP contribution in [-0.2, 0) is 36.5 Å². The van der Waals surface area contributed by atoms with Crippen LogP contribution in [-0.4, -0.2) is 4.98 Å². The molecule has 0 aliphatic heterocycles. The van der Waals surface area contributed by atoms with Gasteiger partial charge >= 0.3 is 0 Å². The molecule has 0 unspecified atom stereocenters. The molecule has 1 nitrogen and oxygen atoms in total. The summed E-state index contributed by atoms with van der Waals surface area (Å²) < 4.78 is 0. The van der Waals surface area contributed by atoms with Crippen LogP contribution in [0, 0.1) is 5.51 Å². The third-order valence-corrected chi connectivity index (χ3v) is 0.777. The Bertz CT molecular complexity index is 71.4. The van der Waals surface area contributed by atoms with Crippen molar-refractivity contribution in [3.8, 4) is 0 Å². The van der Waals surface area contributed by atoms with Crippen molar-refractivity contribution in [2.45, 2.75) is 0 Å². The van der Waals surface area contributed by atoms with Gasteiger partial charge in [0.25, 0.3) is 0 Å². The van der Waals surface area contributed by atoms with Crippen molar-refractivity contribution in [2.24, 2.45) is 0 Å². The number of aromatic nitrogens is 1. The maximum Gasteiger partial charge on any atom is 0 e. The van der Waals surface area contributed by atoms with Crippen LogP contribution in [0.15, 0.2) is 11.6 Å². The Labute approximate surface area is 69.8 Å². The number of nitrogens with zero attached hydrogens (tertiary/aromatic N) is 1. The quantitative estimate of drug-likeness (QED) is 0.453. The van der Waals surface area contributed by atoms with Crippen LogP contribution < -0.4 is 0 Å². The van der Waals surface area contributed by atoms with E-state index in [1.165, 1.54) is 11.3 Å². The molecule has 1 aromatic heterocycles. The van der Waals surface area contributed by atoms with E-state index in [0.717, 1.165) is 0 Å². The smallest absolute Gasteiger partial charge is 0 e. The molecule has 0 spiro atoms. The van der Waals surface area contributed by atoms with E-state index in [9.17, 15) is 0 Å². The van der Waals surface area contributed by atoms with Crippen LogP contribution in [0.2, 0.25) is 0 Å². The van der Waals surface area contributed by atoms with Gasteiger partial charge in [-0.15, -0.1) is 11.6 Å². The number of rotatable bonds is 0. The Kier molecular flexibility index (Phi) is 10.4. The Balaban J connectivity index is 0. The normalized spacial score (nSPS) is 5.71. The van der Waals surface area contributed by atoms with E-state index in [4.69, 9.17) is 0 Å². The van der Waals surface area contributed by atoms with Gasteiger partial charge in [-0.3, -0.25) is 11.3 Å². The Morgan fingerprint density at radius 2 is 2.29 bits per heavy atom. The number of hydrogen-bond donors (Lipinski definition) is 0. The molecule has 0 bridgehead atoms. The molecule has 0 saturated heterocycles. The van der Waals surface area contributed by atoms with Gasteiger partial charge in [0.15, 0.2) is 0 Å². The second-order valence-corrected chi connectivity index (χ2v) is 1.31. The van der Waals surface area contributed by atoms with Gasteiger partial charge in [0, 0.05) is 36.5 Å². The van der Waals surface area contributed by atoms with Crippen molar-refractivity contribution >= 4 is 11.3 Å². The predicted molar refractivity (Wildman–Crippen MR) is 20.9 cm³/mol. The number of hydrogen-bond acceptors (Lipinski definition) is 2. The molecule has 1 radical (unpaired) electrons. The van der Waals surface area contributed by atoms with Crippen molar-refractivity contribution in [1.82, 2.24) is 4.98 Å². The van der Waals surface area contributed by atoms with Crippen LogP contribution in [0.5, 0.6) is 0 Å². The standard InChI is InChI=1S/C3H2NS.Mn.Zn/c1-2-5-3-4-1;;/h1-2H;;/q-1;;. The van der Waals surface area contributed by atoms with E-state index in [-0.39, 0.29) is 36.5 Å². The molecule has 1 aromatic rings. The second kappa shape index (κ2) is 6.77. The molecule has 0 aliphatic carbocycles. The Morgan fingerprint density at radius 1 is 1.57 bits per heavy atom. The summed E-state index contributed by atoms with van der Waals surface area (Å²) in [6.45, 7) is 0. The third kappa shape index (κ3) is 4.63. The zero-order chi connectivity index (χ0) is 3.54. The Hall–Kier alpha value is 0.773. The fourth-order valence-corrected chi connectivity index (χ4v) is 0.456. The SMILES string of the molecule is [Mn].[Zn].[c-]1nccs1. The second-order valence-electron chi connectivity index (χ2n) is 0.623. The molecule has 0 amide bonds. The summed E-state index contributed by atoms with van der Waals surface area (Å²) in [4.78, 5) is 3.62. The first-order valence-corrected chi connectivity index (χ1v) is 2.13. The average molecular weight is 204 g/mol. The maximum absolute atomic E-state index is 3.62. The fourth-order valence-electron chi connectivity index (χ4n) is 0.152. The maximum atomic E-state index is 3.62. The first-order valence-electron chi connectivity index (χ1n) is 1.25. The van der Waals surface area contributed by atoms with E-state index in [1.54, 1.807) is 6.20 Å². The van der Waals surface area contributed by atoms with E-state index >= 15 is 0 Å². The summed E-state index contributed by atoms with van der Waals surface area (Å²) in [6.07, 6.45) is 1.71. The Morgan fingerprint density at radius 3 is 2.43 bits per heavy atom. The van der Waals surface area contributed by atoms with Crippen molar-refractivity contribution < 1.29 is 36.5 Å². The summed E-state index contributed by atoms with van der Waals surface area (Å²) in [5, 5.41) is 1.88. The minimum absolute atomic E-state index is 0. The van der Waals surface area contributed by atoms with Crippen LogP contribution >= 0.6 is 11.3 Å². The molecule has 0 saturated carbocycles. The molecule has 1 rings (SSSR count). The van der Waals surface area contributed by atoms with E-state index in [2.05, 4.69) is 10.5 Å². The molecular formula is C3H2MnNSZn-. The van der Waals surface area contributed by atoms with Crippen LogP contribution in [0.4, 0.5) is 0 Å². The summed E-state index contributed by atoms with van der Waals surface area (Å²) in [5.41, 5.74) is 2.65. The van der Waals surface area contributed by atoms with Crippen LogP contribution in [0.3, 0.4) is 0 Å². The van der Waals surface area contributed by atoms with Gasteiger partial charge in [-0.25, -0.2) is 0 Å². The molecule has 0 N–H and O–H groups in total. The van der Waals surface area contributed by atoms with Crippen molar-refractivity contribution in [1.29, 1.82) is 0 Å². The summed E-state index contributed by atoms with van der Waals surface area (Å²) >= 11 is 1.48. The van der Waals surface area contributed by atoms with Crippen molar-refractivity contribution in [2.75, 3.05) is 0 Å². The molecule has 4 heteroatoms. The zero-order valence-electron chi connectivity index (χ0n) is 3.60.